The normalized spacial score (nSPS) is 17.2. The lowest BCUT2D eigenvalue weighted by Crippen LogP contribution is -2.34. The number of piperidine rings is 1. The quantitative estimate of drug-likeness (QED) is 0.696. The number of carbonyl (C=O) groups is 1. The lowest BCUT2D eigenvalue weighted by atomic mass is 9.99. The summed E-state index contributed by atoms with van der Waals surface area (Å²) in [6.45, 7) is 4.51. The zero-order valence-corrected chi connectivity index (χ0v) is 18.1. The van der Waals surface area contributed by atoms with Crippen LogP contribution in [0.5, 0.6) is 0 Å². The summed E-state index contributed by atoms with van der Waals surface area (Å²) in [5.41, 5.74) is 2.02. The monoisotopic (exact) mass is 436 g/mol. The van der Waals surface area contributed by atoms with Gasteiger partial charge in [-0.3, -0.25) is 0 Å². The van der Waals surface area contributed by atoms with E-state index in [4.69, 9.17) is 11.6 Å². The molecule has 1 heterocycles. The number of carbonyl (C=O) groups excluding carboxylic acids is 1. The molecule has 0 aromatic heterocycles. The Kier molecular flexibility index (Phi) is 6.82. The molecule has 0 aliphatic carbocycles. The molecule has 0 bridgehead atoms. The van der Waals surface area contributed by atoms with Crippen molar-refractivity contribution in [1.82, 2.24) is 4.72 Å². The summed E-state index contributed by atoms with van der Waals surface area (Å²) in [5, 5.41) is 0.137. The molecule has 0 amide bonds. The third-order valence-electron chi connectivity index (χ3n) is 5.08. The van der Waals surface area contributed by atoms with Crippen molar-refractivity contribution in [3.63, 3.8) is 0 Å². The molecule has 1 aliphatic heterocycles. The van der Waals surface area contributed by atoms with Crippen molar-refractivity contribution >= 4 is 33.3 Å². The fourth-order valence-electron chi connectivity index (χ4n) is 3.45. The molecule has 2 aromatic rings. The highest BCUT2D eigenvalue weighted by atomic mass is 35.5. The van der Waals surface area contributed by atoms with Crippen LogP contribution >= 0.6 is 11.6 Å². The second-order valence-electron chi connectivity index (χ2n) is 7.32. The summed E-state index contributed by atoms with van der Waals surface area (Å²) in [5.74, 6) is -0.000775. The predicted octanol–water partition coefficient (Wildman–Crippen LogP) is 3.84. The lowest BCUT2D eigenvalue weighted by molar-refractivity contribution is 0.0600. The van der Waals surface area contributed by atoms with Crippen LogP contribution in [0.4, 0.5) is 5.69 Å². The van der Waals surface area contributed by atoms with Crippen LogP contribution in [0.3, 0.4) is 0 Å². The van der Waals surface area contributed by atoms with Crippen LogP contribution in [0.1, 0.15) is 35.7 Å². The Hall–Kier alpha value is -2.09. The number of ether oxygens (including phenoxy) is 1. The standard InChI is InChI=1S/C21H25ClN2O4S/c1-15-4-3-11-24(14-15)17-7-5-16(6-8-17)13-23-29(26,27)18-9-10-20(22)19(12-18)21(25)28-2/h5-10,12,15,23H,3-4,11,13-14H2,1-2H3/t15-/m1/s1. The van der Waals surface area contributed by atoms with E-state index in [9.17, 15) is 13.2 Å². The number of rotatable bonds is 6. The number of halogens is 1. The molecule has 0 spiro atoms. The van der Waals surface area contributed by atoms with Gasteiger partial charge in [0.15, 0.2) is 0 Å². The van der Waals surface area contributed by atoms with Crippen molar-refractivity contribution < 1.29 is 17.9 Å². The molecule has 1 aliphatic rings. The first kappa shape index (κ1) is 21.6. The fourth-order valence-corrected chi connectivity index (χ4v) is 4.69. The van der Waals surface area contributed by atoms with Crippen LogP contribution in [0.15, 0.2) is 47.4 Å². The number of nitrogens with zero attached hydrogens (tertiary/aromatic N) is 1. The first-order valence-corrected chi connectivity index (χ1v) is 11.4. The van der Waals surface area contributed by atoms with E-state index in [1.165, 1.54) is 38.2 Å². The van der Waals surface area contributed by atoms with Crippen LogP contribution in [-0.2, 0) is 21.3 Å². The average Bonchev–Trinajstić information content (AvgIpc) is 2.72. The van der Waals surface area contributed by atoms with Gasteiger partial charge < -0.3 is 9.64 Å². The Bertz CT molecular complexity index is 977. The Morgan fingerprint density at radius 3 is 2.62 bits per heavy atom. The first-order chi connectivity index (χ1) is 13.8. The first-order valence-electron chi connectivity index (χ1n) is 9.51. The maximum Gasteiger partial charge on any atom is 0.339 e. The van der Waals surface area contributed by atoms with Crippen molar-refractivity contribution in [2.45, 2.75) is 31.2 Å². The molecule has 8 heteroatoms. The van der Waals surface area contributed by atoms with Gasteiger partial charge in [0, 0.05) is 25.3 Å². The highest BCUT2D eigenvalue weighted by molar-refractivity contribution is 7.89. The van der Waals surface area contributed by atoms with E-state index in [0.717, 1.165) is 24.3 Å². The molecule has 156 valence electrons. The smallest absolute Gasteiger partial charge is 0.339 e. The van der Waals surface area contributed by atoms with Crippen LogP contribution in [0.25, 0.3) is 0 Å². The van der Waals surface area contributed by atoms with Gasteiger partial charge in [-0.2, -0.15) is 0 Å². The number of methoxy groups -OCH3 is 1. The number of anilines is 1. The maximum atomic E-state index is 12.6. The van der Waals surface area contributed by atoms with E-state index in [1.54, 1.807) is 0 Å². The topological polar surface area (TPSA) is 75.7 Å². The number of benzene rings is 2. The Morgan fingerprint density at radius 1 is 1.24 bits per heavy atom. The van der Waals surface area contributed by atoms with E-state index in [2.05, 4.69) is 21.3 Å². The van der Waals surface area contributed by atoms with Gasteiger partial charge in [-0.25, -0.2) is 17.9 Å². The van der Waals surface area contributed by atoms with Gasteiger partial charge in [-0.1, -0.05) is 30.7 Å². The van der Waals surface area contributed by atoms with Crippen LogP contribution < -0.4 is 9.62 Å². The molecule has 1 saturated heterocycles. The minimum absolute atomic E-state index is 0.0113. The molecule has 2 aromatic carbocycles. The van der Waals surface area contributed by atoms with E-state index < -0.39 is 16.0 Å². The minimum Gasteiger partial charge on any atom is -0.465 e. The van der Waals surface area contributed by atoms with Crippen LogP contribution in [-0.4, -0.2) is 34.6 Å². The number of hydrogen-bond acceptors (Lipinski definition) is 5. The molecular weight excluding hydrogens is 412 g/mol. The van der Waals surface area contributed by atoms with Crippen molar-refractivity contribution in [3.8, 4) is 0 Å². The molecule has 1 N–H and O–H groups in total. The zero-order chi connectivity index (χ0) is 21.0. The predicted molar refractivity (Wildman–Crippen MR) is 114 cm³/mol. The molecule has 0 radical (unpaired) electrons. The number of nitrogens with one attached hydrogen (secondary N) is 1. The van der Waals surface area contributed by atoms with Crippen molar-refractivity contribution in [2.75, 3.05) is 25.1 Å². The Labute approximate surface area is 176 Å². The fraction of sp³-hybridized carbons (Fsp3) is 0.381. The van der Waals surface area contributed by atoms with Gasteiger partial charge in [-0.15, -0.1) is 0 Å². The second kappa shape index (κ2) is 9.15. The minimum atomic E-state index is -3.80. The average molecular weight is 437 g/mol. The third-order valence-corrected chi connectivity index (χ3v) is 6.81. The van der Waals surface area contributed by atoms with Gasteiger partial charge in [0.1, 0.15) is 0 Å². The van der Waals surface area contributed by atoms with Gasteiger partial charge in [-0.05, 0) is 54.7 Å². The van der Waals surface area contributed by atoms with Gasteiger partial charge in [0.2, 0.25) is 10.0 Å². The molecule has 0 saturated carbocycles. The molecule has 1 atom stereocenters. The van der Waals surface area contributed by atoms with Gasteiger partial charge in [0.05, 0.1) is 22.6 Å². The summed E-state index contributed by atoms with van der Waals surface area (Å²) in [7, 11) is -2.59. The van der Waals surface area contributed by atoms with E-state index in [0.29, 0.717) is 5.92 Å². The summed E-state index contributed by atoms with van der Waals surface area (Å²) in [6, 6.07) is 11.9. The zero-order valence-electron chi connectivity index (χ0n) is 16.5. The van der Waals surface area contributed by atoms with E-state index >= 15 is 0 Å². The van der Waals surface area contributed by atoms with Gasteiger partial charge >= 0.3 is 5.97 Å². The third kappa shape index (κ3) is 5.29. The Balaban J connectivity index is 1.68. The molecule has 0 unspecified atom stereocenters. The largest absolute Gasteiger partial charge is 0.465 e. The Morgan fingerprint density at radius 2 is 1.97 bits per heavy atom. The van der Waals surface area contributed by atoms with Crippen LogP contribution in [0, 0.1) is 5.92 Å². The van der Waals surface area contributed by atoms with Gasteiger partial charge in [0.25, 0.3) is 0 Å². The molecule has 29 heavy (non-hydrogen) atoms. The summed E-state index contributed by atoms with van der Waals surface area (Å²) < 4.78 is 32.4. The van der Waals surface area contributed by atoms with Crippen molar-refractivity contribution in [3.05, 3.63) is 58.6 Å². The van der Waals surface area contributed by atoms with E-state index in [1.807, 2.05) is 24.3 Å². The summed E-state index contributed by atoms with van der Waals surface area (Å²) in [4.78, 5) is 14.1. The van der Waals surface area contributed by atoms with E-state index in [-0.39, 0.29) is 22.0 Å². The molecule has 6 nitrogen and oxygen atoms in total. The van der Waals surface area contributed by atoms with Crippen LogP contribution in [0.2, 0.25) is 5.02 Å². The number of esters is 1. The van der Waals surface area contributed by atoms with Crippen molar-refractivity contribution in [1.29, 1.82) is 0 Å². The maximum absolute atomic E-state index is 12.6. The highest BCUT2D eigenvalue weighted by Crippen LogP contribution is 2.24. The number of sulfonamides is 1. The summed E-state index contributed by atoms with van der Waals surface area (Å²) >= 11 is 5.96. The second-order valence-corrected chi connectivity index (χ2v) is 9.49. The molecular formula is C21H25ClN2O4S. The SMILES string of the molecule is COC(=O)c1cc(S(=O)(=O)NCc2ccc(N3CCC[C@@H](C)C3)cc2)ccc1Cl. The molecule has 3 rings (SSSR count). The lowest BCUT2D eigenvalue weighted by Gasteiger charge is -2.32. The van der Waals surface area contributed by atoms with Crippen molar-refractivity contribution in [2.24, 2.45) is 5.92 Å². The highest BCUT2D eigenvalue weighted by Gasteiger charge is 2.20. The molecule has 1 fully saturated rings. The number of hydrogen-bond donors (Lipinski definition) is 1. The summed E-state index contributed by atoms with van der Waals surface area (Å²) in [6.07, 6.45) is 2.45.